The first kappa shape index (κ1) is 27.6. The van der Waals surface area contributed by atoms with Crippen LogP contribution in [0.15, 0.2) is 99.9 Å². The molecule has 1 N–H and O–H groups in total. The van der Waals surface area contributed by atoms with Gasteiger partial charge in [-0.3, -0.25) is 0 Å². The van der Waals surface area contributed by atoms with Crippen molar-refractivity contribution in [2.75, 3.05) is 6.61 Å². The highest BCUT2D eigenvalue weighted by atomic mass is 127. The first-order chi connectivity index (χ1) is 15.7. The van der Waals surface area contributed by atoms with Crippen molar-refractivity contribution in [3.63, 3.8) is 0 Å². The van der Waals surface area contributed by atoms with Crippen LogP contribution >= 0.6 is 22.6 Å². The Morgan fingerprint density at radius 2 is 1.55 bits per heavy atom. The van der Waals surface area contributed by atoms with Gasteiger partial charge in [0.2, 0.25) is 0 Å². The molecule has 0 saturated carbocycles. The molecular weight excluding hydrogens is 535 g/mol. The van der Waals surface area contributed by atoms with Crippen LogP contribution in [0.4, 0.5) is 0 Å². The second kappa shape index (κ2) is 13.3. The Morgan fingerprint density at radius 3 is 2.03 bits per heavy atom. The maximum Gasteiger partial charge on any atom is 0.261 e. The van der Waals surface area contributed by atoms with Gasteiger partial charge in [0, 0.05) is 0 Å². The minimum Gasteiger partial charge on any atom is -0.403 e. The summed E-state index contributed by atoms with van der Waals surface area (Å²) in [6, 6.07) is 21.5. The van der Waals surface area contributed by atoms with E-state index in [1.165, 1.54) is 15.9 Å². The van der Waals surface area contributed by atoms with Crippen LogP contribution in [0.1, 0.15) is 47.5 Å². The first-order valence-electron chi connectivity index (χ1n) is 11.5. The third kappa shape index (κ3) is 7.94. The Morgan fingerprint density at radius 1 is 1.00 bits per heavy atom. The molecule has 2 rings (SSSR count). The fourth-order valence-electron chi connectivity index (χ4n) is 3.98. The molecule has 0 aliphatic carbocycles. The van der Waals surface area contributed by atoms with Crippen molar-refractivity contribution in [1.29, 1.82) is 0 Å². The minimum absolute atomic E-state index is 0.0285. The second-order valence-corrected chi connectivity index (χ2v) is 14.4. The molecule has 0 saturated heterocycles. The van der Waals surface area contributed by atoms with E-state index in [-0.39, 0.29) is 5.04 Å². The summed E-state index contributed by atoms with van der Waals surface area (Å²) < 4.78 is 8.96. The SMILES string of the molecule is C/C(=C\CC=C=C[C@@H](O)C/C(C)=C/I)CO[Si](c1ccccc1)(c1ccccc1)C(C)(C)C. The molecule has 4 heteroatoms. The normalized spacial score (nSPS) is 13.9. The summed E-state index contributed by atoms with van der Waals surface area (Å²) in [4.78, 5) is 0. The summed E-state index contributed by atoms with van der Waals surface area (Å²) >= 11 is 2.20. The summed E-state index contributed by atoms with van der Waals surface area (Å²) in [5.74, 6) is 0. The average Bonchev–Trinajstić information content (AvgIpc) is 2.79. The van der Waals surface area contributed by atoms with Crippen LogP contribution in [0.2, 0.25) is 5.04 Å². The number of aliphatic hydroxyl groups excluding tert-OH is 1. The number of halogens is 1. The van der Waals surface area contributed by atoms with Crippen molar-refractivity contribution in [3.8, 4) is 0 Å². The van der Waals surface area contributed by atoms with Gasteiger partial charge in [0.05, 0.1) is 12.7 Å². The molecule has 0 radical (unpaired) electrons. The molecule has 0 aliphatic heterocycles. The van der Waals surface area contributed by atoms with Crippen LogP contribution in [0.25, 0.3) is 0 Å². The lowest BCUT2D eigenvalue weighted by molar-refractivity contribution is 0.224. The van der Waals surface area contributed by atoms with Crippen LogP contribution in [-0.2, 0) is 4.43 Å². The van der Waals surface area contributed by atoms with Gasteiger partial charge < -0.3 is 9.53 Å². The molecule has 1 atom stereocenters. The molecule has 2 aromatic carbocycles. The summed E-state index contributed by atoms with van der Waals surface area (Å²) in [7, 11) is -2.51. The van der Waals surface area contributed by atoms with Gasteiger partial charge in [0.1, 0.15) is 0 Å². The topological polar surface area (TPSA) is 29.5 Å². The Balaban J connectivity index is 2.20. The molecule has 2 aromatic rings. The predicted octanol–water partition coefficient (Wildman–Crippen LogP) is 6.70. The highest BCUT2D eigenvalue weighted by Crippen LogP contribution is 2.37. The smallest absolute Gasteiger partial charge is 0.261 e. The summed E-state index contributed by atoms with van der Waals surface area (Å²) in [5.41, 5.74) is 5.48. The van der Waals surface area contributed by atoms with E-state index < -0.39 is 14.4 Å². The van der Waals surface area contributed by atoms with Gasteiger partial charge in [-0.1, -0.05) is 121 Å². The fourth-order valence-corrected chi connectivity index (χ4v) is 8.84. The second-order valence-electron chi connectivity index (χ2n) is 9.50. The number of benzene rings is 2. The van der Waals surface area contributed by atoms with Gasteiger partial charge in [0.25, 0.3) is 8.32 Å². The average molecular weight is 573 g/mol. The molecule has 0 fully saturated rings. The maximum absolute atomic E-state index is 10.0. The molecule has 0 aliphatic rings. The molecule has 0 spiro atoms. The van der Waals surface area contributed by atoms with E-state index in [1.54, 1.807) is 6.08 Å². The van der Waals surface area contributed by atoms with E-state index in [9.17, 15) is 5.11 Å². The predicted molar refractivity (Wildman–Crippen MR) is 153 cm³/mol. The van der Waals surface area contributed by atoms with E-state index in [2.05, 4.69) is 123 Å². The molecule has 0 heterocycles. The van der Waals surface area contributed by atoms with Gasteiger partial charge in [-0.2, -0.15) is 0 Å². The largest absolute Gasteiger partial charge is 0.403 e. The number of hydrogen-bond donors (Lipinski definition) is 1. The lowest BCUT2D eigenvalue weighted by atomic mass is 10.1. The van der Waals surface area contributed by atoms with E-state index in [0.29, 0.717) is 13.0 Å². The monoisotopic (exact) mass is 572 g/mol. The zero-order chi connectivity index (χ0) is 24.3. The highest BCUT2D eigenvalue weighted by Gasteiger charge is 2.50. The van der Waals surface area contributed by atoms with Gasteiger partial charge >= 0.3 is 0 Å². The summed E-state index contributed by atoms with van der Waals surface area (Å²) in [5, 5.41) is 12.6. The molecule has 176 valence electrons. The van der Waals surface area contributed by atoms with Crippen LogP contribution in [0, 0.1) is 0 Å². The molecule has 0 unspecified atom stereocenters. The fraction of sp³-hybridized carbons (Fsp3) is 0.345. The van der Waals surface area contributed by atoms with Gasteiger partial charge in [-0.05, 0) is 58.3 Å². The first-order valence-corrected chi connectivity index (χ1v) is 14.6. The number of rotatable bonds is 10. The van der Waals surface area contributed by atoms with E-state index in [0.717, 1.165) is 12.0 Å². The summed E-state index contributed by atoms with van der Waals surface area (Å²) in [6.07, 6.45) is 6.78. The van der Waals surface area contributed by atoms with Crippen molar-refractivity contribution in [2.45, 2.75) is 58.6 Å². The standard InChI is InChI=1S/C29H37IO2Si/c1-24(15-9-6-10-16-26(31)21-25(2)22-30)23-32-33(29(3,4)5,27-17-11-7-12-18-27)28-19-13-8-14-20-28/h6-8,11-20,22,26,31H,9,21,23H2,1-5H3/b24-15+,25-22+/t10?,26-/m1/s1. The van der Waals surface area contributed by atoms with E-state index in [4.69, 9.17) is 4.43 Å². The zero-order valence-corrected chi connectivity index (χ0v) is 23.7. The van der Waals surface area contributed by atoms with Crippen LogP contribution < -0.4 is 10.4 Å². The van der Waals surface area contributed by atoms with Crippen LogP contribution in [0.3, 0.4) is 0 Å². The summed E-state index contributed by atoms with van der Waals surface area (Å²) in [6.45, 7) is 11.6. The number of allylic oxidation sites excluding steroid dienone is 1. The highest BCUT2D eigenvalue weighted by molar-refractivity contribution is 14.1. The van der Waals surface area contributed by atoms with E-state index >= 15 is 0 Å². The van der Waals surface area contributed by atoms with Crippen molar-refractivity contribution >= 4 is 41.3 Å². The molecule has 2 nitrogen and oxygen atoms in total. The third-order valence-corrected chi connectivity index (χ3v) is 11.7. The van der Waals surface area contributed by atoms with Crippen molar-refractivity contribution < 1.29 is 9.53 Å². The number of aliphatic hydroxyl groups is 1. The van der Waals surface area contributed by atoms with Crippen molar-refractivity contribution in [3.05, 3.63) is 99.9 Å². The lowest BCUT2D eigenvalue weighted by Crippen LogP contribution is -2.66. The van der Waals surface area contributed by atoms with Crippen molar-refractivity contribution in [2.24, 2.45) is 0 Å². The maximum atomic E-state index is 10.0. The third-order valence-electron chi connectivity index (χ3n) is 5.64. The lowest BCUT2D eigenvalue weighted by Gasteiger charge is -2.43. The van der Waals surface area contributed by atoms with Crippen LogP contribution in [-0.4, -0.2) is 26.1 Å². The Hall–Kier alpha value is -1.69. The molecule has 33 heavy (non-hydrogen) atoms. The molecule has 0 amide bonds. The Kier molecular flexibility index (Phi) is 11.1. The molecule has 0 aromatic heterocycles. The van der Waals surface area contributed by atoms with E-state index in [1.807, 2.05) is 17.1 Å². The quantitative estimate of drug-likeness (QED) is 0.149. The number of hydrogen-bond acceptors (Lipinski definition) is 2. The van der Waals surface area contributed by atoms with Crippen LogP contribution in [0.5, 0.6) is 0 Å². The van der Waals surface area contributed by atoms with Crippen molar-refractivity contribution in [1.82, 2.24) is 0 Å². The molecule has 0 bridgehead atoms. The van der Waals surface area contributed by atoms with Gasteiger partial charge in [-0.15, -0.1) is 5.73 Å². The molecular formula is C29H37IO2Si. The zero-order valence-electron chi connectivity index (χ0n) is 20.5. The Labute approximate surface area is 215 Å². The Bertz CT molecular complexity index is 942. The van der Waals surface area contributed by atoms with Gasteiger partial charge in [0.15, 0.2) is 0 Å². The van der Waals surface area contributed by atoms with Gasteiger partial charge in [-0.25, -0.2) is 0 Å². The minimum atomic E-state index is -2.51.